The molecule has 0 aliphatic rings. The average molecular weight is 626 g/mol. The fourth-order valence-electron chi connectivity index (χ4n) is 5.24. The Morgan fingerprint density at radius 1 is 0.756 bits per heavy atom. The first-order valence-electron chi connectivity index (χ1n) is 15.2. The van der Waals surface area contributed by atoms with Crippen LogP contribution in [0.5, 0.6) is 0 Å². The third kappa shape index (κ3) is 8.39. The van der Waals surface area contributed by atoms with E-state index in [2.05, 4.69) is 5.32 Å². The van der Waals surface area contributed by atoms with E-state index >= 15 is 0 Å². The monoisotopic (exact) mass is 625 g/mol. The highest BCUT2D eigenvalue weighted by molar-refractivity contribution is 7.92. The molecule has 1 unspecified atom stereocenters. The van der Waals surface area contributed by atoms with E-state index in [0.29, 0.717) is 11.3 Å². The molecule has 4 aromatic rings. The molecule has 0 saturated heterocycles. The van der Waals surface area contributed by atoms with E-state index in [1.807, 2.05) is 108 Å². The Balaban J connectivity index is 1.84. The van der Waals surface area contributed by atoms with Crippen LogP contribution in [0.25, 0.3) is 0 Å². The summed E-state index contributed by atoms with van der Waals surface area (Å²) in [6.07, 6.45) is 0.269. The fraction of sp³-hybridized carbons (Fsp3) is 0.297. The molecule has 0 aliphatic carbocycles. The molecule has 1 atom stereocenters. The number of nitrogens with one attached hydrogen (secondary N) is 1. The van der Waals surface area contributed by atoms with Crippen molar-refractivity contribution in [3.8, 4) is 0 Å². The van der Waals surface area contributed by atoms with Gasteiger partial charge in [0.15, 0.2) is 0 Å². The average Bonchev–Trinajstić information content (AvgIpc) is 3.00. The molecular formula is C37H43N3O4S. The molecule has 45 heavy (non-hydrogen) atoms. The highest BCUT2D eigenvalue weighted by atomic mass is 32.2. The summed E-state index contributed by atoms with van der Waals surface area (Å²) in [6, 6.07) is 28.4. The van der Waals surface area contributed by atoms with Crippen molar-refractivity contribution in [1.29, 1.82) is 0 Å². The number of nitrogens with zero attached hydrogens (tertiary/aromatic N) is 2. The Labute approximate surface area is 268 Å². The second-order valence-corrected chi connectivity index (χ2v) is 13.8. The number of hydrogen-bond acceptors (Lipinski definition) is 4. The van der Waals surface area contributed by atoms with Crippen LogP contribution >= 0.6 is 0 Å². The minimum Gasteiger partial charge on any atom is -0.352 e. The van der Waals surface area contributed by atoms with E-state index in [1.165, 1.54) is 9.21 Å². The third-order valence-electron chi connectivity index (χ3n) is 7.83. The van der Waals surface area contributed by atoms with E-state index in [4.69, 9.17) is 0 Å². The topological polar surface area (TPSA) is 86.8 Å². The van der Waals surface area contributed by atoms with Crippen LogP contribution in [0.3, 0.4) is 0 Å². The predicted molar refractivity (Wildman–Crippen MR) is 181 cm³/mol. The standard InChI is InChI=1S/C37H43N3O4S/c1-26(2)38-37(42)35(23-31-13-8-7-9-14-31)39(24-32-15-11-10-12-29(32)5)36(41)25-40(34-22-28(4)16-19-30(34)6)45(43,44)33-20-17-27(3)18-21-33/h7-22,26,35H,23-25H2,1-6H3,(H,38,42). The van der Waals surface area contributed by atoms with Gasteiger partial charge < -0.3 is 10.2 Å². The highest BCUT2D eigenvalue weighted by Gasteiger charge is 2.35. The molecule has 4 aromatic carbocycles. The van der Waals surface area contributed by atoms with Crippen LogP contribution in [-0.4, -0.2) is 43.8 Å². The van der Waals surface area contributed by atoms with E-state index in [0.717, 1.165) is 27.8 Å². The molecule has 0 aliphatic heterocycles. The first-order valence-corrected chi connectivity index (χ1v) is 16.7. The molecule has 0 saturated carbocycles. The molecule has 8 heteroatoms. The summed E-state index contributed by atoms with van der Waals surface area (Å²) in [6.45, 7) is 11.0. The molecule has 0 heterocycles. The van der Waals surface area contributed by atoms with Gasteiger partial charge in [0.2, 0.25) is 11.8 Å². The van der Waals surface area contributed by atoms with Gasteiger partial charge in [-0.05, 0) is 87.6 Å². The SMILES string of the molecule is Cc1ccc(S(=O)(=O)N(CC(=O)N(Cc2ccccc2C)C(Cc2ccccc2)C(=O)NC(C)C)c2cc(C)ccc2C)cc1. The van der Waals surface area contributed by atoms with E-state index in [9.17, 15) is 18.0 Å². The van der Waals surface area contributed by atoms with Crippen molar-refractivity contribution >= 4 is 27.5 Å². The summed E-state index contributed by atoms with van der Waals surface area (Å²) in [5.41, 5.74) is 5.66. The van der Waals surface area contributed by atoms with Crippen molar-refractivity contribution in [2.45, 2.75) is 71.5 Å². The lowest BCUT2D eigenvalue weighted by molar-refractivity contribution is -0.140. The van der Waals surface area contributed by atoms with E-state index in [-0.39, 0.29) is 29.8 Å². The summed E-state index contributed by atoms with van der Waals surface area (Å²) in [7, 11) is -4.16. The van der Waals surface area contributed by atoms with Crippen LogP contribution in [0, 0.1) is 27.7 Å². The van der Waals surface area contributed by atoms with Crippen molar-refractivity contribution in [3.63, 3.8) is 0 Å². The van der Waals surface area contributed by atoms with Gasteiger partial charge in [0.05, 0.1) is 10.6 Å². The zero-order chi connectivity index (χ0) is 32.7. The number of aryl methyl sites for hydroxylation is 4. The normalized spacial score (nSPS) is 12.1. The number of anilines is 1. The van der Waals surface area contributed by atoms with Crippen molar-refractivity contribution in [2.75, 3.05) is 10.8 Å². The predicted octanol–water partition coefficient (Wildman–Crippen LogP) is 6.28. The zero-order valence-electron chi connectivity index (χ0n) is 26.9. The van der Waals surface area contributed by atoms with Crippen LogP contribution in [0.15, 0.2) is 102 Å². The molecular weight excluding hydrogens is 582 g/mol. The van der Waals surface area contributed by atoms with Gasteiger partial charge >= 0.3 is 0 Å². The second kappa shape index (κ2) is 14.6. The van der Waals surface area contributed by atoms with E-state index < -0.39 is 28.5 Å². The summed E-state index contributed by atoms with van der Waals surface area (Å²) < 4.78 is 29.8. The maximum absolute atomic E-state index is 14.6. The van der Waals surface area contributed by atoms with Gasteiger partial charge in [-0.1, -0.05) is 84.4 Å². The van der Waals surface area contributed by atoms with Gasteiger partial charge in [-0.25, -0.2) is 8.42 Å². The van der Waals surface area contributed by atoms with Crippen LogP contribution < -0.4 is 9.62 Å². The molecule has 0 radical (unpaired) electrons. The summed E-state index contributed by atoms with van der Waals surface area (Å²) in [5.74, 6) is -0.773. The Kier molecular flexibility index (Phi) is 10.8. The molecule has 0 bridgehead atoms. The quantitative estimate of drug-likeness (QED) is 0.201. The number of amides is 2. The summed E-state index contributed by atoms with van der Waals surface area (Å²) >= 11 is 0. The fourth-order valence-corrected chi connectivity index (χ4v) is 6.72. The first kappa shape index (κ1) is 33.5. The number of carbonyl (C=O) groups excluding carboxylic acids is 2. The lowest BCUT2D eigenvalue weighted by Crippen LogP contribution is -2.54. The van der Waals surface area contributed by atoms with Gasteiger partial charge in [-0.3, -0.25) is 13.9 Å². The van der Waals surface area contributed by atoms with Crippen molar-refractivity contribution < 1.29 is 18.0 Å². The van der Waals surface area contributed by atoms with Crippen molar-refractivity contribution in [1.82, 2.24) is 10.2 Å². The number of rotatable bonds is 12. The molecule has 236 valence electrons. The number of benzene rings is 4. The van der Waals surface area contributed by atoms with Crippen LogP contribution in [-0.2, 0) is 32.6 Å². The first-order chi connectivity index (χ1) is 21.4. The Morgan fingerprint density at radius 2 is 1.38 bits per heavy atom. The van der Waals surface area contributed by atoms with Crippen LogP contribution in [0.1, 0.15) is 47.2 Å². The van der Waals surface area contributed by atoms with Gasteiger partial charge in [-0.15, -0.1) is 0 Å². The van der Waals surface area contributed by atoms with Crippen LogP contribution in [0.2, 0.25) is 0 Å². The summed E-state index contributed by atoms with van der Waals surface area (Å²) in [5, 5.41) is 3.00. The molecule has 2 amide bonds. The van der Waals surface area contributed by atoms with Gasteiger partial charge in [0.1, 0.15) is 12.6 Å². The number of carbonyl (C=O) groups is 2. The lowest BCUT2D eigenvalue weighted by Gasteiger charge is -2.35. The maximum atomic E-state index is 14.6. The maximum Gasteiger partial charge on any atom is 0.264 e. The Morgan fingerprint density at radius 3 is 2.02 bits per heavy atom. The minimum absolute atomic E-state index is 0.0886. The zero-order valence-corrected chi connectivity index (χ0v) is 27.8. The van der Waals surface area contributed by atoms with Crippen molar-refractivity contribution in [3.05, 3.63) is 130 Å². The Bertz CT molecular complexity index is 1740. The minimum atomic E-state index is -4.16. The van der Waals surface area contributed by atoms with Gasteiger partial charge in [0, 0.05) is 19.0 Å². The lowest BCUT2D eigenvalue weighted by atomic mass is 10.0. The van der Waals surface area contributed by atoms with E-state index in [1.54, 1.807) is 30.3 Å². The molecule has 1 N–H and O–H groups in total. The molecule has 0 aromatic heterocycles. The van der Waals surface area contributed by atoms with Crippen molar-refractivity contribution in [2.24, 2.45) is 0 Å². The summed E-state index contributed by atoms with van der Waals surface area (Å²) in [4.78, 5) is 30.1. The van der Waals surface area contributed by atoms with Crippen LogP contribution in [0.4, 0.5) is 5.69 Å². The third-order valence-corrected chi connectivity index (χ3v) is 9.60. The largest absolute Gasteiger partial charge is 0.352 e. The molecule has 0 fully saturated rings. The number of hydrogen-bond donors (Lipinski definition) is 1. The number of sulfonamides is 1. The molecule has 7 nitrogen and oxygen atoms in total. The molecule has 4 rings (SSSR count). The highest BCUT2D eigenvalue weighted by Crippen LogP contribution is 2.29. The van der Waals surface area contributed by atoms with Gasteiger partial charge in [0.25, 0.3) is 10.0 Å². The molecule has 0 spiro atoms. The smallest absolute Gasteiger partial charge is 0.264 e. The Hall–Kier alpha value is -4.43. The second-order valence-electron chi connectivity index (χ2n) is 11.9. The van der Waals surface area contributed by atoms with Gasteiger partial charge in [-0.2, -0.15) is 0 Å².